The molecule has 13 nitrogen and oxygen atoms in total. The number of anilines is 1. The Labute approximate surface area is 204 Å². The maximum absolute atomic E-state index is 11.1. The van der Waals surface area contributed by atoms with E-state index in [1.165, 1.54) is 12.1 Å². The lowest BCUT2D eigenvalue weighted by molar-refractivity contribution is -0.689. The summed E-state index contributed by atoms with van der Waals surface area (Å²) >= 11 is 0. The summed E-state index contributed by atoms with van der Waals surface area (Å²) in [6.07, 6.45) is 0. The minimum atomic E-state index is -0.978. The standard InChI is InChI=1S/C7H6N4O.C7H5N3O3.4C2H6.2H2O/c8-7-9-5-3-1-2-4-6(5)11(12)10-7;11-7-8-10(13)6-4-2-1-3-5(6)9(7)12;4*1-2;;/h1-4H,(H2,8,9,10);1-4H,(H,8,11);4*1-2H3;2*1H2. The monoisotopic (exact) mass is 497 g/mol. The fourth-order valence-corrected chi connectivity index (χ4v) is 2.12. The maximum Gasteiger partial charge on any atom is 0.554 e. The largest absolute Gasteiger partial charge is 0.707 e. The van der Waals surface area contributed by atoms with E-state index >= 15 is 0 Å². The molecule has 0 amide bonds. The summed E-state index contributed by atoms with van der Waals surface area (Å²) in [5.41, 5.74) is 5.47. The van der Waals surface area contributed by atoms with Crippen LogP contribution in [0.5, 0.6) is 0 Å². The van der Waals surface area contributed by atoms with Crippen molar-refractivity contribution in [3.63, 3.8) is 0 Å². The summed E-state index contributed by atoms with van der Waals surface area (Å²) in [5, 5.41) is 38.5. The number of nitrogens with two attached hydrogens (primary N) is 1. The molecule has 2 aromatic carbocycles. The second kappa shape index (κ2) is 21.7. The van der Waals surface area contributed by atoms with E-state index in [1.807, 2.05) is 60.5 Å². The molecule has 4 rings (SSSR count). The molecule has 0 aliphatic heterocycles. The Morgan fingerprint density at radius 1 is 0.743 bits per heavy atom. The van der Waals surface area contributed by atoms with Gasteiger partial charge in [0.05, 0.1) is 5.10 Å². The number of rotatable bonds is 0. The van der Waals surface area contributed by atoms with Gasteiger partial charge in [-0.3, -0.25) is 0 Å². The molecule has 13 heteroatoms. The van der Waals surface area contributed by atoms with E-state index in [9.17, 15) is 20.4 Å². The summed E-state index contributed by atoms with van der Waals surface area (Å²) in [5.74, 6) is -0.0105. The second-order valence-corrected chi connectivity index (χ2v) is 4.83. The first-order valence-electron chi connectivity index (χ1n) is 10.9. The van der Waals surface area contributed by atoms with Crippen LogP contribution in [0.15, 0.2) is 53.3 Å². The van der Waals surface area contributed by atoms with E-state index in [2.05, 4.69) is 10.1 Å². The highest BCUT2D eigenvalue weighted by molar-refractivity contribution is 5.71. The quantitative estimate of drug-likeness (QED) is 0.265. The van der Waals surface area contributed by atoms with Crippen molar-refractivity contribution in [1.82, 2.24) is 15.2 Å². The number of hydrogen-bond acceptors (Lipinski definition) is 7. The van der Waals surface area contributed by atoms with Crippen LogP contribution in [-0.4, -0.2) is 26.1 Å². The van der Waals surface area contributed by atoms with Gasteiger partial charge < -0.3 is 32.3 Å². The molecule has 0 radical (unpaired) electrons. The summed E-state index contributed by atoms with van der Waals surface area (Å²) in [6, 6.07) is 12.9. The van der Waals surface area contributed by atoms with Crippen LogP contribution < -0.4 is 25.8 Å². The van der Waals surface area contributed by atoms with Gasteiger partial charge in [0.15, 0.2) is 0 Å². The van der Waals surface area contributed by atoms with E-state index < -0.39 is 5.69 Å². The Morgan fingerprint density at radius 3 is 1.69 bits per heavy atom. The van der Waals surface area contributed by atoms with Gasteiger partial charge in [-0.25, -0.2) is 4.98 Å². The average molecular weight is 498 g/mol. The predicted octanol–water partition coefficient (Wildman–Crippen LogP) is 1.10. The van der Waals surface area contributed by atoms with E-state index in [1.54, 1.807) is 36.4 Å². The molecule has 2 heterocycles. The van der Waals surface area contributed by atoms with E-state index in [-0.39, 0.29) is 37.5 Å². The number of hydrogen-bond donors (Lipinski definition) is 2. The van der Waals surface area contributed by atoms with Crippen molar-refractivity contribution in [1.29, 1.82) is 0 Å². The second-order valence-electron chi connectivity index (χ2n) is 4.83. The van der Waals surface area contributed by atoms with Crippen LogP contribution in [0.25, 0.3) is 22.1 Å². The normalized spacial score (nSPS) is 8.11. The smallest absolute Gasteiger partial charge is 0.554 e. The number of fused-ring (bicyclic) bond motifs is 2. The van der Waals surface area contributed by atoms with Crippen molar-refractivity contribution < 1.29 is 25.4 Å². The lowest BCUT2D eigenvalue weighted by Crippen LogP contribution is -2.55. The van der Waals surface area contributed by atoms with Gasteiger partial charge in [0, 0.05) is 22.1 Å². The highest BCUT2D eigenvalue weighted by Gasteiger charge is 2.13. The van der Waals surface area contributed by atoms with Gasteiger partial charge in [-0.1, -0.05) is 79.7 Å². The first-order valence-corrected chi connectivity index (χ1v) is 10.9. The van der Waals surface area contributed by atoms with Crippen molar-refractivity contribution in [2.45, 2.75) is 55.4 Å². The zero-order valence-electron chi connectivity index (χ0n) is 21.6. The van der Waals surface area contributed by atoms with Crippen LogP contribution in [0.4, 0.5) is 5.95 Å². The molecule has 0 saturated heterocycles. The van der Waals surface area contributed by atoms with Crippen molar-refractivity contribution in [2.75, 3.05) is 5.73 Å². The first kappa shape index (κ1) is 38.2. The van der Waals surface area contributed by atoms with Crippen LogP contribution in [0.3, 0.4) is 0 Å². The minimum absolute atomic E-state index is 0. The Balaban J connectivity index is -0.000000205. The number of nitrogens with zero attached hydrogens (tertiary/aromatic N) is 5. The molecule has 0 saturated carbocycles. The molecule has 35 heavy (non-hydrogen) atoms. The molecule has 0 aliphatic carbocycles. The average Bonchev–Trinajstić information content (AvgIpc) is 2.88. The number of aromatic amines is 1. The van der Waals surface area contributed by atoms with Gasteiger partial charge in [-0.2, -0.15) is 9.52 Å². The van der Waals surface area contributed by atoms with Crippen molar-refractivity contribution in [3.05, 3.63) is 74.6 Å². The summed E-state index contributed by atoms with van der Waals surface area (Å²) in [7, 11) is 0. The van der Waals surface area contributed by atoms with Gasteiger partial charge >= 0.3 is 11.2 Å². The maximum atomic E-state index is 11.1. The van der Waals surface area contributed by atoms with Crippen LogP contribution in [0.1, 0.15) is 55.4 Å². The van der Waals surface area contributed by atoms with E-state index in [4.69, 9.17) is 5.73 Å². The highest BCUT2D eigenvalue weighted by atomic mass is 16.5. The Bertz CT molecular complexity index is 1140. The van der Waals surface area contributed by atoms with Gasteiger partial charge in [0.1, 0.15) is 5.52 Å². The van der Waals surface area contributed by atoms with Crippen molar-refractivity contribution >= 4 is 28.0 Å². The molecule has 0 atom stereocenters. The molecule has 0 fully saturated rings. The molecule has 198 valence electrons. The number of H-pyrrole nitrogens is 1. The van der Waals surface area contributed by atoms with Gasteiger partial charge in [-0.05, 0) is 17.0 Å². The minimum Gasteiger partial charge on any atom is -0.707 e. The molecule has 0 bridgehead atoms. The SMILES string of the molecule is CC.CC.CC.CC.Nc1nc2ccccc2[n+]([O-])n1.O.O.O=c1[nH][n+]([O-])c2ccccc2[n+]1[O-]. The van der Waals surface area contributed by atoms with Gasteiger partial charge in [0.25, 0.3) is 11.5 Å². The molecule has 7 N–H and O–H groups in total. The lowest BCUT2D eigenvalue weighted by atomic mass is 10.3. The van der Waals surface area contributed by atoms with Crippen LogP contribution >= 0.6 is 0 Å². The predicted molar refractivity (Wildman–Crippen MR) is 138 cm³/mol. The number of aromatic nitrogens is 6. The highest BCUT2D eigenvalue weighted by Crippen LogP contribution is 2.05. The molecule has 0 spiro atoms. The fraction of sp³-hybridized carbons (Fsp3) is 0.364. The fourth-order valence-electron chi connectivity index (χ4n) is 2.12. The Morgan fingerprint density at radius 2 is 1.17 bits per heavy atom. The molecule has 4 aromatic rings. The summed E-state index contributed by atoms with van der Waals surface area (Å²) in [4.78, 5) is 15.5. The van der Waals surface area contributed by atoms with Crippen molar-refractivity contribution in [2.24, 2.45) is 0 Å². The van der Waals surface area contributed by atoms with E-state index in [0.717, 1.165) is 0 Å². The topological polar surface area (TPSA) is 228 Å². The zero-order chi connectivity index (χ0) is 26.0. The molecule has 0 aliphatic rings. The number of nitrogens with one attached hydrogen (secondary N) is 1. The number of nitrogen functional groups attached to an aromatic ring is 1. The van der Waals surface area contributed by atoms with Crippen LogP contribution in [0.2, 0.25) is 0 Å². The number of para-hydroxylation sites is 4. The molecular formula is C22H39N7O6. The molecular weight excluding hydrogens is 458 g/mol. The summed E-state index contributed by atoms with van der Waals surface area (Å²) in [6.45, 7) is 16.0. The van der Waals surface area contributed by atoms with Crippen molar-refractivity contribution in [3.8, 4) is 0 Å². The van der Waals surface area contributed by atoms with Gasteiger partial charge in [-0.15, -0.1) is 0 Å². The Hall–Kier alpha value is -4.10. The third-order valence-corrected chi connectivity index (χ3v) is 3.22. The Kier molecular flexibility index (Phi) is 23.7. The number of benzene rings is 2. The molecule has 0 unspecified atom stereocenters. The third-order valence-electron chi connectivity index (χ3n) is 3.22. The van der Waals surface area contributed by atoms with Gasteiger partial charge in [0.2, 0.25) is 5.52 Å². The third kappa shape index (κ3) is 11.0. The lowest BCUT2D eigenvalue weighted by Gasteiger charge is -2.01. The van der Waals surface area contributed by atoms with Crippen LogP contribution in [-0.2, 0) is 0 Å². The zero-order valence-corrected chi connectivity index (χ0v) is 21.6. The first-order chi connectivity index (χ1) is 16.0. The summed E-state index contributed by atoms with van der Waals surface area (Å²) < 4.78 is 0.143. The van der Waals surface area contributed by atoms with Crippen LogP contribution in [0, 0.1) is 15.6 Å². The molecule has 2 aromatic heterocycles. The van der Waals surface area contributed by atoms with E-state index in [0.29, 0.717) is 15.9 Å².